The molecule has 1 rings (SSSR count). The van der Waals surface area contributed by atoms with Gasteiger partial charge in [-0.2, -0.15) is 0 Å². The van der Waals surface area contributed by atoms with Gasteiger partial charge in [0.1, 0.15) is 0 Å². The fourth-order valence-electron chi connectivity index (χ4n) is 1.80. The first kappa shape index (κ1) is 11.0. The van der Waals surface area contributed by atoms with Crippen LogP contribution in [0.1, 0.15) is 40.5 Å². The van der Waals surface area contributed by atoms with E-state index >= 15 is 0 Å². The van der Waals surface area contributed by atoms with E-state index in [9.17, 15) is 0 Å². The van der Waals surface area contributed by atoms with Crippen molar-refractivity contribution in [2.45, 2.75) is 40.5 Å². The van der Waals surface area contributed by atoms with E-state index < -0.39 is 0 Å². The lowest BCUT2D eigenvalue weighted by molar-refractivity contribution is 1.04. The SMILES string of the molecule is CCC1=C(C=C(C)C=C(C)C)C=CC1. The Morgan fingerprint density at radius 1 is 1.36 bits per heavy atom. The van der Waals surface area contributed by atoms with Crippen LogP contribution >= 0.6 is 0 Å². The van der Waals surface area contributed by atoms with Crippen LogP contribution < -0.4 is 0 Å². The Morgan fingerprint density at radius 3 is 2.64 bits per heavy atom. The van der Waals surface area contributed by atoms with Crippen LogP contribution in [0.5, 0.6) is 0 Å². The van der Waals surface area contributed by atoms with Gasteiger partial charge in [0.15, 0.2) is 0 Å². The molecule has 0 saturated carbocycles. The Labute approximate surface area is 87.7 Å². The zero-order valence-corrected chi connectivity index (χ0v) is 9.72. The average Bonchev–Trinajstić information content (AvgIpc) is 2.50. The molecule has 0 unspecified atom stereocenters. The van der Waals surface area contributed by atoms with Gasteiger partial charge < -0.3 is 0 Å². The molecule has 0 saturated heterocycles. The van der Waals surface area contributed by atoms with E-state index in [2.05, 4.69) is 52.0 Å². The normalized spacial score (nSPS) is 16.4. The molecule has 1 aliphatic carbocycles. The van der Waals surface area contributed by atoms with Gasteiger partial charge in [-0.15, -0.1) is 0 Å². The molecule has 1 aliphatic rings. The predicted octanol–water partition coefficient (Wildman–Crippen LogP) is 4.57. The molecule has 0 bridgehead atoms. The number of allylic oxidation sites excluding steroid dienone is 8. The summed E-state index contributed by atoms with van der Waals surface area (Å²) in [6.07, 6.45) is 11.3. The molecule has 0 heterocycles. The molecular weight excluding hydrogens is 168 g/mol. The van der Waals surface area contributed by atoms with Gasteiger partial charge in [-0.3, -0.25) is 0 Å². The third-order valence-corrected chi connectivity index (χ3v) is 2.40. The maximum atomic E-state index is 2.29. The van der Waals surface area contributed by atoms with Crippen LogP contribution in [-0.2, 0) is 0 Å². The minimum Gasteiger partial charge on any atom is -0.0798 e. The smallest absolute Gasteiger partial charge is 0.0127 e. The Kier molecular flexibility index (Phi) is 3.94. The van der Waals surface area contributed by atoms with Gasteiger partial charge in [0.2, 0.25) is 0 Å². The lowest BCUT2D eigenvalue weighted by Gasteiger charge is -2.00. The fourth-order valence-corrected chi connectivity index (χ4v) is 1.80. The average molecular weight is 188 g/mol. The first-order valence-electron chi connectivity index (χ1n) is 5.35. The summed E-state index contributed by atoms with van der Waals surface area (Å²) in [4.78, 5) is 0. The third-order valence-electron chi connectivity index (χ3n) is 2.40. The molecule has 0 N–H and O–H groups in total. The lowest BCUT2D eigenvalue weighted by atomic mass is 10.1. The summed E-state index contributed by atoms with van der Waals surface area (Å²) in [7, 11) is 0. The molecule has 0 aliphatic heterocycles. The zero-order valence-electron chi connectivity index (χ0n) is 9.72. The molecule has 0 heteroatoms. The Balaban J connectivity index is 2.85. The molecule has 0 fully saturated rings. The molecule has 0 nitrogen and oxygen atoms in total. The van der Waals surface area contributed by atoms with E-state index in [-0.39, 0.29) is 0 Å². The highest BCUT2D eigenvalue weighted by atomic mass is 14.1. The Bertz CT molecular complexity index is 318. The quantitative estimate of drug-likeness (QED) is 0.569. The van der Waals surface area contributed by atoms with Crippen LogP contribution in [0.25, 0.3) is 0 Å². The second-order valence-corrected chi connectivity index (χ2v) is 4.13. The van der Waals surface area contributed by atoms with Gasteiger partial charge in [-0.05, 0) is 39.2 Å². The van der Waals surface area contributed by atoms with Crippen LogP contribution in [0.2, 0.25) is 0 Å². The predicted molar refractivity (Wildman–Crippen MR) is 64.3 cm³/mol. The molecule has 0 aromatic heterocycles. The van der Waals surface area contributed by atoms with Crippen LogP contribution in [0.3, 0.4) is 0 Å². The van der Waals surface area contributed by atoms with Crippen molar-refractivity contribution in [3.8, 4) is 0 Å². The second-order valence-electron chi connectivity index (χ2n) is 4.13. The van der Waals surface area contributed by atoms with Gasteiger partial charge in [0.25, 0.3) is 0 Å². The molecule has 0 aromatic carbocycles. The third kappa shape index (κ3) is 3.02. The van der Waals surface area contributed by atoms with Crippen molar-refractivity contribution in [2.24, 2.45) is 0 Å². The van der Waals surface area contributed by atoms with Crippen molar-refractivity contribution in [1.29, 1.82) is 0 Å². The van der Waals surface area contributed by atoms with Crippen molar-refractivity contribution < 1.29 is 0 Å². The van der Waals surface area contributed by atoms with Crippen LogP contribution in [0, 0.1) is 0 Å². The summed E-state index contributed by atoms with van der Waals surface area (Å²) in [6.45, 7) is 8.67. The monoisotopic (exact) mass is 188 g/mol. The van der Waals surface area contributed by atoms with Crippen molar-refractivity contribution in [2.75, 3.05) is 0 Å². The van der Waals surface area contributed by atoms with Crippen molar-refractivity contribution in [3.63, 3.8) is 0 Å². The lowest BCUT2D eigenvalue weighted by Crippen LogP contribution is -1.81. The summed E-state index contributed by atoms with van der Waals surface area (Å²) in [5, 5.41) is 0. The zero-order chi connectivity index (χ0) is 10.6. The van der Waals surface area contributed by atoms with E-state index in [1.807, 2.05) is 0 Å². The number of hydrogen-bond donors (Lipinski definition) is 0. The standard InChI is InChI=1S/C14H20/c1-5-13-7-6-8-14(13)10-12(4)9-11(2)3/h6,8-10H,5,7H2,1-4H3. The highest BCUT2D eigenvalue weighted by Crippen LogP contribution is 2.23. The highest BCUT2D eigenvalue weighted by Gasteiger charge is 2.04. The second kappa shape index (κ2) is 4.99. The molecule has 0 amide bonds. The molecule has 0 aromatic rings. The van der Waals surface area contributed by atoms with E-state index in [1.54, 1.807) is 5.57 Å². The largest absolute Gasteiger partial charge is 0.0798 e. The first-order valence-corrected chi connectivity index (χ1v) is 5.35. The maximum absolute atomic E-state index is 2.29. The number of hydrogen-bond acceptors (Lipinski definition) is 0. The van der Waals surface area contributed by atoms with Crippen LogP contribution in [-0.4, -0.2) is 0 Å². The summed E-state index contributed by atoms with van der Waals surface area (Å²) >= 11 is 0. The minimum atomic E-state index is 1.14. The summed E-state index contributed by atoms with van der Waals surface area (Å²) in [5.41, 5.74) is 5.69. The van der Waals surface area contributed by atoms with E-state index in [0.717, 1.165) is 6.42 Å². The molecule has 14 heavy (non-hydrogen) atoms. The summed E-state index contributed by atoms with van der Waals surface area (Å²) in [5.74, 6) is 0. The summed E-state index contributed by atoms with van der Waals surface area (Å²) < 4.78 is 0. The highest BCUT2D eigenvalue weighted by molar-refractivity contribution is 5.44. The minimum absolute atomic E-state index is 1.14. The van der Waals surface area contributed by atoms with Crippen molar-refractivity contribution in [1.82, 2.24) is 0 Å². The first-order chi connectivity index (χ1) is 6.63. The molecular formula is C14H20. The van der Waals surface area contributed by atoms with Crippen LogP contribution in [0.15, 0.2) is 46.6 Å². The Hall–Kier alpha value is -1.04. The van der Waals surface area contributed by atoms with E-state index in [4.69, 9.17) is 0 Å². The summed E-state index contributed by atoms with van der Waals surface area (Å²) in [6, 6.07) is 0. The van der Waals surface area contributed by atoms with E-state index in [1.165, 1.54) is 23.1 Å². The van der Waals surface area contributed by atoms with Gasteiger partial charge in [-0.1, -0.05) is 47.9 Å². The number of rotatable bonds is 3. The van der Waals surface area contributed by atoms with Gasteiger partial charge >= 0.3 is 0 Å². The topological polar surface area (TPSA) is 0 Å². The van der Waals surface area contributed by atoms with Gasteiger partial charge in [0.05, 0.1) is 0 Å². The van der Waals surface area contributed by atoms with E-state index in [0.29, 0.717) is 0 Å². The molecule has 76 valence electrons. The fraction of sp³-hybridized carbons (Fsp3) is 0.429. The van der Waals surface area contributed by atoms with Gasteiger partial charge in [-0.25, -0.2) is 0 Å². The van der Waals surface area contributed by atoms with Crippen molar-refractivity contribution >= 4 is 0 Å². The Morgan fingerprint density at radius 2 is 2.07 bits per heavy atom. The van der Waals surface area contributed by atoms with Crippen LogP contribution in [0.4, 0.5) is 0 Å². The van der Waals surface area contributed by atoms with Gasteiger partial charge in [0, 0.05) is 0 Å². The molecule has 0 atom stereocenters. The molecule has 0 spiro atoms. The molecule has 0 radical (unpaired) electrons. The van der Waals surface area contributed by atoms with Crippen molar-refractivity contribution in [3.05, 3.63) is 46.6 Å². The maximum Gasteiger partial charge on any atom is -0.0127 e.